The first-order chi connectivity index (χ1) is 9.15. The number of benzene rings is 1. The summed E-state index contributed by atoms with van der Waals surface area (Å²) in [6, 6.07) is 7.01. The van der Waals surface area contributed by atoms with E-state index in [0.717, 1.165) is 12.8 Å². The molecule has 1 rings (SSSR count). The zero-order valence-corrected chi connectivity index (χ0v) is 11.6. The molecule has 0 aliphatic rings. The average Bonchev–Trinajstić information content (AvgIpc) is 2.46. The van der Waals surface area contributed by atoms with Crippen LogP contribution in [0.15, 0.2) is 24.3 Å². The third kappa shape index (κ3) is 3.81. The molecule has 0 amide bonds. The molecule has 0 radical (unpaired) electrons. The Morgan fingerprint density at radius 1 is 1.16 bits per heavy atom. The summed E-state index contributed by atoms with van der Waals surface area (Å²) in [4.78, 5) is 23.7. The standard InChI is InChI=1S/C15H20O4/c1-4-5-8-12(14(16)18-2)11-9-6-7-10-13(11)15(17)19-3/h6-7,9-10,12H,4-5,8H2,1-3H3. The van der Waals surface area contributed by atoms with Crippen molar-refractivity contribution in [3.8, 4) is 0 Å². The lowest BCUT2D eigenvalue weighted by Gasteiger charge is -2.17. The van der Waals surface area contributed by atoms with Gasteiger partial charge in [0.15, 0.2) is 0 Å². The summed E-state index contributed by atoms with van der Waals surface area (Å²) < 4.78 is 9.60. The summed E-state index contributed by atoms with van der Waals surface area (Å²) in [7, 11) is 2.69. The molecule has 104 valence electrons. The van der Waals surface area contributed by atoms with E-state index in [1.54, 1.807) is 18.2 Å². The minimum Gasteiger partial charge on any atom is -0.469 e. The number of unbranched alkanes of at least 4 members (excludes halogenated alkanes) is 1. The highest BCUT2D eigenvalue weighted by Gasteiger charge is 2.25. The molecule has 0 aliphatic heterocycles. The quantitative estimate of drug-likeness (QED) is 0.741. The lowest BCUT2D eigenvalue weighted by atomic mass is 9.90. The van der Waals surface area contributed by atoms with E-state index in [1.165, 1.54) is 14.2 Å². The lowest BCUT2D eigenvalue weighted by molar-refractivity contribution is -0.142. The van der Waals surface area contributed by atoms with Gasteiger partial charge in [-0.2, -0.15) is 0 Å². The second-order valence-corrected chi connectivity index (χ2v) is 4.30. The Morgan fingerprint density at radius 3 is 2.42 bits per heavy atom. The minimum atomic E-state index is -0.430. The van der Waals surface area contributed by atoms with E-state index >= 15 is 0 Å². The van der Waals surface area contributed by atoms with E-state index in [-0.39, 0.29) is 5.97 Å². The smallest absolute Gasteiger partial charge is 0.338 e. The van der Waals surface area contributed by atoms with Gasteiger partial charge in [-0.15, -0.1) is 0 Å². The van der Waals surface area contributed by atoms with Crippen LogP contribution in [0.2, 0.25) is 0 Å². The zero-order chi connectivity index (χ0) is 14.3. The first-order valence-corrected chi connectivity index (χ1v) is 6.40. The molecule has 0 heterocycles. The number of rotatable bonds is 6. The molecule has 0 fully saturated rings. The zero-order valence-electron chi connectivity index (χ0n) is 11.6. The molecule has 4 heteroatoms. The molecular weight excluding hydrogens is 244 g/mol. The largest absolute Gasteiger partial charge is 0.469 e. The van der Waals surface area contributed by atoms with Gasteiger partial charge in [-0.25, -0.2) is 4.79 Å². The Labute approximate surface area is 113 Å². The van der Waals surface area contributed by atoms with Crippen molar-refractivity contribution in [1.29, 1.82) is 0 Å². The van der Waals surface area contributed by atoms with E-state index in [4.69, 9.17) is 9.47 Å². The van der Waals surface area contributed by atoms with Gasteiger partial charge < -0.3 is 9.47 Å². The van der Waals surface area contributed by atoms with Gasteiger partial charge in [0, 0.05) is 0 Å². The molecule has 0 aromatic heterocycles. The van der Waals surface area contributed by atoms with Gasteiger partial charge in [-0.05, 0) is 18.1 Å². The number of hydrogen-bond acceptors (Lipinski definition) is 4. The van der Waals surface area contributed by atoms with Crippen LogP contribution >= 0.6 is 0 Å². The van der Waals surface area contributed by atoms with Crippen molar-refractivity contribution < 1.29 is 19.1 Å². The van der Waals surface area contributed by atoms with Crippen LogP contribution in [0.5, 0.6) is 0 Å². The van der Waals surface area contributed by atoms with E-state index in [1.807, 2.05) is 6.07 Å². The maximum atomic E-state index is 11.9. The fourth-order valence-electron chi connectivity index (χ4n) is 2.05. The second-order valence-electron chi connectivity index (χ2n) is 4.30. The maximum absolute atomic E-state index is 11.9. The molecule has 19 heavy (non-hydrogen) atoms. The number of carbonyl (C=O) groups excluding carboxylic acids is 2. The van der Waals surface area contributed by atoms with Crippen LogP contribution in [0.3, 0.4) is 0 Å². The summed E-state index contributed by atoms with van der Waals surface area (Å²) in [6.45, 7) is 2.06. The first kappa shape index (κ1) is 15.2. The molecule has 0 aliphatic carbocycles. The molecule has 0 spiro atoms. The van der Waals surface area contributed by atoms with Crippen LogP contribution < -0.4 is 0 Å². The topological polar surface area (TPSA) is 52.6 Å². The molecule has 0 saturated heterocycles. The number of ether oxygens (including phenoxy) is 2. The fourth-order valence-corrected chi connectivity index (χ4v) is 2.05. The molecular formula is C15H20O4. The Balaban J connectivity index is 3.14. The Kier molecular flexibility index (Phi) is 6.06. The van der Waals surface area contributed by atoms with Crippen molar-refractivity contribution in [3.63, 3.8) is 0 Å². The number of hydrogen-bond donors (Lipinski definition) is 0. The molecule has 1 atom stereocenters. The molecule has 0 N–H and O–H groups in total. The Morgan fingerprint density at radius 2 is 1.84 bits per heavy atom. The van der Waals surface area contributed by atoms with Gasteiger partial charge in [0.25, 0.3) is 0 Å². The molecule has 1 aromatic rings. The fraction of sp³-hybridized carbons (Fsp3) is 0.467. The Hall–Kier alpha value is -1.84. The molecule has 0 bridgehead atoms. The molecule has 1 aromatic carbocycles. The predicted molar refractivity (Wildman–Crippen MR) is 72.1 cm³/mol. The van der Waals surface area contributed by atoms with Gasteiger partial charge >= 0.3 is 11.9 Å². The van der Waals surface area contributed by atoms with Crippen LogP contribution in [0.4, 0.5) is 0 Å². The maximum Gasteiger partial charge on any atom is 0.338 e. The van der Waals surface area contributed by atoms with Crippen molar-refractivity contribution in [2.45, 2.75) is 32.1 Å². The highest BCUT2D eigenvalue weighted by Crippen LogP contribution is 2.27. The molecule has 0 saturated carbocycles. The van der Waals surface area contributed by atoms with Gasteiger partial charge in [-0.3, -0.25) is 4.79 Å². The van der Waals surface area contributed by atoms with Crippen molar-refractivity contribution in [2.75, 3.05) is 14.2 Å². The third-order valence-electron chi connectivity index (χ3n) is 3.07. The number of methoxy groups -OCH3 is 2. The van der Waals surface area contributed by atoms with Crippen LogP contribution in [0.25, 0.3) is 0 Å². The monoisotopic (exact) mass is 264 g/mol. The average molecular weight is 264 g/mol. The molecule has 1 unspecified atom stereocenters. The van der Waals surface area contributed by atoms with Gasteiger partial charge in [0.05, 0.1) is 25.7 Å². The van der Waals surface area contributed by atoms with Gasteiger partial charge in [0.1, 0.15) is 0 Å². The summed E-state index contributed by atoms with van der Waals surface area (Å²) >= 11 is 0. The summed E-state index contributed by atoms with van der Waals surface area (Å²) in [5.74, 6) is -1.16. The summed E-state index contributed by atoms with van der Waals surface area (Å²) in [5, 5.41) is 0. The number of esters is 2. The normalized spacial score (nSPS) is 11.7. The summed E-state index contributed by atoms with van der Waals surface area (Å²) in [5.41, 5.74) is 1.10. The van der Waals surface area contributed by atoms with Crippen LogP contribution in [0, 0.1) is 0 Å². The third-order valence-corrected chi connectivity index (χ3v) is 3.07. The van der Waals surface area contributed by atoms with E-state index in [2.05, 4.69) is 6.92 Å². The van der Waals surface area contributed by atoms with Crippen molar-refractivity contribution >= 4 is 11.9 Å². The summed E-state index contributed by atoms with van der Waals surface area (Å²) in [6.07, 6.45) is 2.54. The SMILES string of the molecule is CCCCC(C(=O)OC)c1ccccc1C(=O)OC. The van der Waals surface area contributed by atoms with Crippen molar-refractivity contribution in [1.82, 2.24) is 0 Å². The van der Waals surface area contributed by atoms with Gasteiger partial charge in [0.2, 0.25) is 0 Å². The molecule has 4 nitrogen and oxygen atoms in total. The van der Waals surface area contributed by atoms with Crippen LogP contribution in [0.1, 0.15) is 48.0 Å². The lowest BCUT2D eigenvalue weighted by Crippen LogP contribution is -2.18. The van der Waals surface area contributed by atoms with Crippen molar-refractivity contribution in [3.05, 3.63) is 35.4 Å². The van der Waals surface area contributed by atoms with Gasteiger partial charge in [-0.1, -0.05) is 38.0 Å². The highest BCUT2D eigenvalue weighted by molar-refractivity contribution is 5.93. The minimum absolute atomic E-state index is 0.315. The first-order valence-electron chi connectivity index (χ1n) is 6.40. The number of carbonyl (C=O) groups is 2. The van der Waals surface area contributed by atoms with E-state index in [0.29, 0.717) is 17.5 Å². The van der Waals surface area contributed by atoms with Crippen LogP contribution in [-0.4, -0.2) is 26.2 Å². The highest BCUT2D eigenvalue weighted by atomic mass is 16.5. The van der Waals surface area contributed by atoms with Crippen molar-refractivity contribution in [2.24, 2.45) is 0 Å². The van der Waals surface area contributed by atoms with E-state index in [9.17, 15) is 9.59 Å². The Bertz CT molecular complexity index is 440. The van der Waals surface area contributed by atoms with E-state index < -0.39 is 11.9 Å². The second kappa shape index (κ2) is 7.56. The predicted octanol–water partition coefficient (Wildman–Crippen LogP) is 2.92. The van der Waals surface area contributed by atoms with Crippen LogP contribution in [-0.2, 0) is 14.3 Å².